The third-order valence-electron chi connectivity index (χ3n) is 3.13. The van der Waals surface area contributed by atoms with Gasteiger partial charge in [-0.2, -0.15) is 0 Å². The van der Waals surface area contributed by atoms with E-state index in [1.807, 2.05) is 20.0 Å². The van der Waals surface area contributed by atoms with Crippen LogP contribution in [0.1, 0.15) is 15.9 Å². The third kappa shape index (κ3) is 3.68. The monoisotopic (exact) mass is 265 g/mol. The number of carboxylic acid groups (broad SMARTS) is 1. The van der Waals surface area contributed by atoms with Crippen LogP contribution >= 0.6 is 0 Å². The lowest BCUT2D eigenvalue weighted by atomic mass is 10.1. The molecule has 1 aliphatic rings. The average molecular weight is 265 g/mol. The molecule has 0 aliphatic carbocycles. The van der Waals surface area contributed by atoms with Crippen molar-refractivity contribution in [2.24, 2.45) is 0 Å². The first kappa shape index (κ1) is 13.8. The normalized spacial score (nSPS) is 20.2. The molecule has 1 aliphatic heterocycles. The molecule has 1 N–H and O–H groups in total. The van der Waals surface area contributed by atoms with Crippen molar-refractivity contribution in [1.82, 2.24) is 4.90 Å². The maximum absolute atomic E-state index is 11.2. The smallest absolute Gasteiger partial charge is 0.339 e. The zero-order valence-electron chi connectivity index (χ0n) is 11.3. The fraction of sp³-hybridized carbons (Fsp3) is 0.500. The second-order valence-corrected chi connectivity index (χ2v) is 4.87. The van der Waals surface area contributed by atoms with E-state index in [-0.39, 0.29) is 11.7 Å². The summed E-state index contributed by atoms with van der Waals surface area (Å²) in [7, 11) is 2.03. The summed E-state index contributed by atoms with van der Waals surface area (Å²) in [4.78, 5) is 13.3. The topological polar surface area (TPSA) is 59.0 Å². The number of aryl methyl sites for hydroxylation is 1. The molecule has 19 heavy (non-hydrogen) atoms. The molecular weight excluding hydrogens is 246 g/mol. The van der Waals surface area contributed by atoms with E-state index in [0.717, 1.165) is 18.7 Å². The van der Waals surface area contributed by atoms with Crippen molar-refractivity contribution in [2.45, 2.75) is 13.0 Å². The summed E-state index contributed by atoms with van der Waals surface area (Å²) in [5, 5.41) is 9.15. The van der Waals surface area contributed by atoms with E-state index in [1.54, 1.807) is 12.1 Å². The van der Waals surface area contributed by atoms with Crippen LogP contribution in [0.2, 0.25) is 0 Å². The zero-order valence-corrected chi connectivity index (χ0v) is 11.3. The highest BCUT2D eigenvalue weighted by atomic mass is 16.5. The number of hydrogen-bond acceptors (Lipinski definition) is 4. The van der Waals surface area contributed by atoms with Crippen molar-refractivity contribution in [1.29, 1.82) is 0 Å². The SMILES string of the molecule is Cc1ccc(OCC2CN(C)CCO2)c(C(=O)O)c1. The lowest BCUT2D eigenvalue weighted by Crippen LogP contribution is -2.42. The molecule has 0 saturated carbocycles. The minimum atomic E-state index is -0.972. The Morgan fingerprint density at radius 2 is 2.37 bits per heavy atom. The van der Waals surface area contributed by atoms with Gasteiger partial charge in [0.25, 0.3) is 0 Å². The lowest BCUT2D eigenvalue weighted by Gasteiger charge is -2.29. The Kier molecular flexibility index (Phi) is 4.39. The number of nitrogens with zero attached hydrogens (tertiary/aromatic N) is 1. The first-order chi connectivity index (χ1) is 9.06. The van der Waals surface area contributed by atoms with Gasteiger partial charge in [0.15, 0.2) is 0 Å². The van der Waals surface area contributed by atoms with Gasteiger partial charge < -0.3 is 19.5 Å². The van der Waals surface area contributed by atoms with E-state index in [2.05, 4.69) is 4.90 Å². The zero-order chi connectivity index (χ0) is 13.8. The molecule has 0 amide bonds. The quantitative estimate of drug-likeness (QED) is 0.891. The number of ether oxygens (including phenoxy) is 2. The Morgan fingerprint density at radius 1 is 1.58 bits per heavy atom. The van der Waals surface area contributed by atoms with Gasteiger partial charge in [0.05, 0.1) is 6.61 Å². The van der Waals surface area contributed by atoms with Crippen LogP contribution < -0.4 is 4.74 Å². The van der Waals surface area contributed by atoms with Gasteiger partial charge in [-0.25, -0.2) is 4.79 Å². The molecule has 1 aromatic carbocycles. The Morgan fingerprint density at radius 3 is 3.05 bits per heavy atom. The first-order valence-electron chi connectivity index (χ1n) is 6.33. The van der Waals surface area contributed by atoms with Crippen molar-refractivity contribution in [2.75, 3.05) is 33.4 Å². The molecule has 5 heteroatoms. The Labute approximate surface area is 112 Å². The maximum Gasteiger partial charge on any atom is 0.339 e. The van der Waals surface area contributed by atoms with Gasteiger partial charge in [-0.1, -0.05) is 11.6 Å². The van der Waals surface area contributed by atoms with Crippen LogP contribution in [-0.2, 0) is 4.74 Å². The summed E-state index contributed by atoms with van der Waals surface area (Å²) in [5.41, 5.74) is 1.10. The van der Waals surface area contributed by atoms with Crippen LogP contribution in [0.25, 0.3) is 0 Å². The van der Waals surface area contributed by atoms with E-state index in [4.69, 9.17) is 14.6 Å². The molecule has 1 atom stereocenters. The van der Waals surface area contributed by atoms with E-state index in [1.165, 1.54) is 0 Å². The van der Waals surface area contributed by atoms with Crippen LogP contribution in [0, 0.1) is 6.92 Å². The largest absolute Gasteiger partial charge is 0.490 e. The Bertz CT molecular complexity index is 461. The van der Waals surface area contributed by atoms with Crippen LogP contribution in [0.4, 0.5) is 0 Å². The van der Waals surface area contributed by atoms with Gasteiger partial charge >= 0.3 is 5.97 Å². The molecule has 0 aromatic heterocycles. The number of aromatic carboxylic acids is 1. The van der Waals surface area contributed by atoms with Crippen molar-refractivity contribution >= 4 is 5.97 Å². The molecule has 1 aromatic rings. The van der Waals surface area contributed by atoms with Crippen LogP contribution in [0.15, 0.2) is 18.2 Å². The number of carbonyl (C=O) groups is 1. The number of likely N-dealkylation sites (N-methyl/N-ethyl adjacent to an activating group) is 1. The average Bonchev–Trinajstić information content (AvgIpc) is 2.37. The van der Waals surface area contributed by atoms with Crippen molar-refractivity contribution < 1.29 is 19.4 Å². The van der Waals surface area contributed by atoms with Gasteiger partial charge in [-0.3, -0.25) is 0 Å². The van der Waals surface area contributed by atoms with Crippen molar-refractivity contribution in [3.8, 4) is 5.75 Å². The Balaban J connectivity index is 2.01. The highest BCUT2D eigenvalue weighted by Gasteiger charge is 2.19. The summed E-state index contributed by atoms with van der Waals surface area (Å²) in [5.74, 6) is -0.574. The van der Waals surface area contributed by atoms with E-state index in [0.29, 0.717) is 19.0 Å². The summed E-state index contributed by atoms with van der Waals surface area (Å²) in [6.07, 6.45) is -0.0123. The number of rotatable bonds is 4. The van der Waals surface area contributed by atoms with Gasteiger partial charge in [0, 0.05) is 13.1 Å². The molecule has 1 fully saturated rings. The molecule has 0 spiro atoms. The fourth-order valence-corrected chi connectivity index (χ4v) is 2.09. The number of carboxylic acids is 1. The van der Waals surface area contributed by atoms with Crippen LogP contribution in [0.3, 0.4) is 0 Å². The second kappa shape index (κ2) is 6.04. The predicted molar refractivity (Wildman–Crippen MR) is 70.9 cm³/mol. The summed E-state index contributed by atoms with van der Waals surface area (Å²) in [6, 6.07) is 5.16. The van der Waals surface area contributed by atoms with Crippen molar-refractivity contribution in [3.63, 3.8) is 0 Å². The molecule has 104 valence electrons. The van der Waals surface area contributed by atoms with Gasteiger partial charge in [0.1, 0.15) is 24.0 Å². The summed E-state index contributed by atoms with van der Waals surface area (Å²) >= 11 is 0. The molecule has 1 saturated heterocycles. The standard InChI is InChI=1S/C14H19NO4/c1-10-3-4-13(12(7-10)14(16)17)19-9-11-8-15(2)5-6-18-11/h3-4,7,11H,5-6,8-9H2,1-2H3,(H,16,17). The molecule has 5 nitrogen and oxygen atoms in total. The van der Waals surface area contributed by atoms with E-state index < -0.39 is 5.97 Å². The van der Waals surface area contributed by atoms with Crippen molar-refractivity contribution in [3.05, 3.63) is 29.3 Å². The molecule has 2 rings (SSSR count). The summed E-state index contributed by atoms with van der Waals surface area (Å²) in [6.45, 7) is 4.63. The number of benzene rings is 1. The predicted octanol–water partition coefficient (Wildman–Crippen LogP) is 1.40. The third-order valence-corrected chi connectivity index (χ3v) is 3.13. The van der Waals surface area contributed by atoms with Gasteiger partial charge in [0.2, 0.25) is 0 Å². The first-order valence-corrected chi connectivity index (χ1v) is 6.33. The Hall–Kier alpha value is -1.59. The van der Waals surface area contributed by atoms with E-state index in [9.17, 15) is 4.79 Å². The lowest BCUT2D eigenvalue weighted by molar-refractivity contribution is -0.0405. The molecule has 1 unspecified atom stereocenters. The fourth-order valence-electron chi connectivity index (χ4n) is 2.09. The molecule has 0 radical (unpaired) electrons. The number of hydrogen-bond donors (Lipinski definition) is 1. The highest BCUT2D eigenvalue weighted by Crippen LogP contribution is 2.20. The van der Waals surface area contributed by atoms with Crippen LogP contribution in [-0.4, -0.2) is 55.4 Å². The summed E-state index contributed by atoms with van der Waals surface area (Å²) < 4.78 is 11.2. The maximum atomic E-state index is 11.2. The molecule has 0 bridgehead atoms. The van der Waals surface area contributed by atoms with Gasteiger partial charge in [-0.05, 0) is 26.1 Å². The second-order valence-electron chi connectivity index (χ2n) is 4.87. The molecule has 1 heterocycles. The minimum Gasteiger partial charge on any atom is -0.490 e. The van der Waals surface area contributed by atoms with E-state index >= 15 is 0 Å². The number of morpholine rings is 1. The minimum absolute atomic E-state index is 0.0123. The van der Waals surface area contributed by atoms with Crippen LogP contribution in [0.5, 0.6) is 5.75 Å². The van der Waals surface area contributed by atoms with Gasteiger partial charge in [-0.15, -0.1) is 0 Å². The highest BCUT2D eigenvalue weighted by molar-refractivity contribution is 5.91. The molecular formula is C14H19NO4.